The Morgan fingerprint density at radius 1 is 1.15 bits per heavy atom. The van der Waals surface area contributed by atoms with Gasteiger partial charge >= 0.3 is 0 Å². The molecule has 2 heterocycles. The molecule has 1 atom stereocenters. The Kier molecular flexibility index (Phi) is 2.57. The van der Waals surface area contributed by atoms with Gasteiger partial charge in [0.05, 0.1) is 5.30 Å². The zero-order chi connectivity index (χ0) is 13.5. The molecule has 1 aliphatic heterocycles. The first kappa shape index (κ1) is 11.6. The van der Waals surface area contributed by atoms with E-state index in [2.05, 4.69) is 9.96 Å². The first-order chi connectivity index (χ1) is 9.83. The summed E-state index contributed by atoms with van der Waals surface area (Å²) in [4.78, 5) is 2.95. The molecule has 0 radical (unpaired) electrons. The summed E-state index contributed by atoms with van der Waals surface area (Å²) in [5, 5.41) is 5.31. The predicted molar refractivity (Wildman–Crippen MR) is 75.4 cm³/mol. The summed E-state index contributed by atoms with van der Waals surface area (Å²) in [6, 6.07) is 14.5. The highest BCUT2D eigenvalue weighted by Crippen LogP contribution is 2.46. The van der Waals surface area contributed by atoms with E-state index in [0.29, 0.717) is 11.3 Å². The van der Waals surface area contributed by atoms with E-state index in [0.717, 1.165) is 24.9 Å². The second kappa shape index (κ2) is 4.43. The van der Waals surface area contributed by atoms with Crippen molar-refractivity contribution in [1.82, 2.24) is 9.96 Å². The molecule has 0 fully saturated rings. The van der Waals surface area contributed by atoms with Crippen molar-refractivity contribution in [1.29, 1.82) is 0 Å². The number of aromatic amines is 1. The lowest BCUT2D eigenvalue weighted by atomic mass is 10.00. The van der Waals surface area contributed by atoms with Crippen molar-refractivity contribution in [2.75, 3.05) is 0 Å². The van der Waals surface area contributed by atoms with Crippen LogP contribution in [0.25, 0.3) is 11.3 Å². The summed E-state index contributed by atoms with van der Waals surface area (Å²) in [6.07, 6.45) is -0.176. The molecule has 0 bridgehead atoms. The number of hydrogen-bond donors (Lipinski definition) is 1. The molecule has 1 aliphatic rings. The molecule has 0 amide bonds. The van der Waals surface area contributed by atoms with E-state index < -0.39 is 0 Å². The van der Waals surface area contributed by atoms with Gasteiger partial charge in [-0.15, -0.1) is 0 Å². The standard InChI is InChI=1S/C15H10FN2OP/c16-10-6-7-12-11(8-10)13-15(20-18-17-13)14(19-12)9-4-2-1-3-5-9/h1-8,14H,(H,17,18). The number of aromatic nitrogens is 2. The molecule has 2 aromatic carbocycles. The molecule has 1 aromatic heterocycles. The van der Waals surface area contributed by atoms with Gasteiger partial charge in [-0.3, -0.25) is 4.86 Å². The fourth-order valence-electron chi connectivity index (χ4n) is 2.45. The number of nitrogens with zero attached hydrogens (tertiary/aromatic N) is 1. The van der Waals surface area contributed by atoms with Crippen LogP contribution < -0.4 is 4.74 Å². The molecule has 1 N–H and O–H groups in total. The Morgan fingerprint density at radius 3 is 2.85 bits per heavy atom. The van der Waals surface area contributed by atoms with Crippen molar-refractivity contribution in [2.24, 2.45) is 0 Å². The van der Waals surface area contributed by atoms with Gasteiger partial charge in [0.1, 0.15) is 17.3 Å². The lowest BCUT2D eigenvalue weighted by Gasteiger charge is -2.25. The largest absolute Gasteiger partial charge is 0.480 e. The van der Waals surface area contributed by atoms with E-state index in [-0.39, 0.29) is 11.9 Å². The Balaban J connectivity index is 1.90. The van der Waals surface area contributed by atoms with E-state index in [4.69, 9.17) is 4.74 Å². The highest BCUT2D eigenvalue weighted by Gasteiger charge is 2.30. The van der Waals surface area contributed by atoms with Gasteiger partial charge in [-0.25, -0.2) is 4.39 Å². The lowest BCUT2D eigenvalue weighted by molar-refractivity contribution is 0.247. The maximum absolute atomic E-state index is 13.4. The summed E-state index contributed by atoms with van der Waals surface area (Å²) in [7, 11) is 0.891. The Morgan fingerprint density at radius 2 is 2.00 bits per heavy atom. The number of rotatable bonds is 1. The average Bonchev–Trinajstić information content (AvgIpc) is 2.97. The summed E-state index contributed by atoms with van der Waals surface area (Å²) >= 11 is 0. The lowest BCUT2D eigenvalue weighted by Crippen LogP contribution is -2.13. The van der Waals surface area contributed by atoms with Gasteiger partial charge in [0.25, 0.3) is 0 Å². The number of H-pyrrole nitrogens is 1. The van der Waals surface area contributed by atoms with Crippen molar-refractivity contribution < 1.29 is 9.13 Å². The number of hydrogen-bond acceptors (Lipinski definition) is 2. The van der Waals surface area contributed by atoms with Crippen LogP contribution in [0.5, 0.6) is 5.75 Å². The van der Waals surface area contributed by atoms with Crippen molar-refractivity contribution in [3.63, 3.8) is 0 Å². The monoisotopic (exact) mass is 284 g/mol. The zero-order valence-electron chi connectivity index (χ0n) is 10.4. The number of halogens is 1. The van der Waals surface area contributed by atoms with Gasteiger partial charge in [-0.1, -0.05) is 30.3 Å². The second-order valence-electron chi connectivity index (χ2n) is 4.61. The van der Waals surface area contributed by atoms with E-state index >= 15 is 0 Å². The highest BCUT2D eigenvalue weighted by molar-refractivity contribution is 7.26. The zero-order valence-corrected chi connectivity index (χ0v) is 11.3. The van der Waals surface area contributed by atoms with Crippen LogP contribution in [-0.4, -0.2) is 9.96 Å². The minimum absolute atomic E-state index is 0.176. The quantitative estimate of drug-likeness (QED) is 0.724. The maximum atomic E-state index is 13.4. The van der Waals surface area contributed by atoms with Gasteiger partial charge in [0.15, 0.2) is 6.10 Å². The Labute approximate surface area is 116 Å². The normalized spacial score (nSPS) is 16.6. The fourth-order valence-corrected chi connectivity index (χ4v) is 3.30. The molecular weight excluding hydrogens is 274 g/mol. The van der Waals surface area contributed by atoms with Crippen molar-refractivity contribution in [3.8, 4) is 17.0 Å². The molecular formula is C15H10FN2OP. The highest BCUT2D eigenvalue weighted by atomic mass is 31.0. The topological polar surface area (TPSA) is 37.9 Å². The maximum Gasteiger partial charge on any atom is 0.157 e. The molecule has 5 heteroatoms. The molecule has 98 valence electrons. The van der Waals surface area contributed by atoms with E-state index in [1.807, 2.05) is 30.3 Å². The fraction of sp³-hybridized carbons (Fsp3) is 0.0667. The third-order valence-corrected chi connectivity index (χ3v) is 4.25. The summed E-state index contributed by atoms with van der Waals surface area (Å²) < 4.78 is 19.5. The van der Waals surface area contributed by atoms with Crippen LogP contribution in [0.1, 0.15) is 17.0 Å². The van der Waals surface area contributed by atoms with Crippen LogP contribution in [0.4, 0.5) is 4.39 Å². The SMILES string of the molecule is Fc1ccc2c(c1)-c1n[nH]pc1C(c1ccccc1)O2. The average molecular weight is 284 g/mol. The molecule has 0 aliphatic carbocycles. The molecule has 20 heavy (non-hydrogen) atoms. The van der Waals surface area contributed by atoms with Gasteiger partial charge in [-0.2, -0.15) is 5.10 Å². The van der Waals surface area contributed by atoms with Gasteiger partial charge < -0.3 is 4.74 Å². The summed E-state index contributed by atoms with van der Waals surface area (Å²) in [5.41, 5.74) is 2.58. The Bertz CT molecular complexity index is 773. The smallest absolute Gasteiger partial charge is 0.157 e. The van der Waals surface area contributed by atoms with E-state index in [9.17, 15) is 4.39 Å². The number of ether oxygens (including phenoxy) is 1. The van der Waals surface area contributed by atoms with Crippen LogP contribution in [0.2, 0.25) is 0 Å². The third-order valence-electron chi connectivity index (χ3n) is 3.37. The number of benzene rings is 2. The van der Waals surface area contributed by atoms with Crippen molar-refractivity contribution >= 4 is 8.35 Å². The van der Waals surface area contributed by atoms with Crippen molar-refractivity contribution in [2.45, 2.75) is 6.10 Å². The molecule has 3 aromatic rings. The molecule has 3 nitrogen and oxygen atoms in total. The first-order valence-electron chi connectivity index (χ1n) is 6.25. The number of nitrogens with one attached hydrogen (secondary N) is 1. The van der Waals surface area contributed by atoms with Crippen LogP contribution in [0, 0.1) is 5.82 Å². The summed E-state index contributed by atoms with van der Waals surface area (Å²) in [6.45, 7) is 0. The summed E-state index contributed by atoms with van der Waals surface area (Å²) in [5.74, 6) is 0.387. The number of fused-ring (bicyclic) bond motifs is 3. The van der Waals surface area contributed by atoms with E-state index in [1.165, 1.54) is 12.1 Å². The Hall–Kier alpha value is -2.19. The van der Waals surface area contributed by atoms with Gasteiger partial charge in [0.2, 0.25) is 0 Å². The third kappa shape index (κ3) is 1.73. The molecule has 0 saturated carbocycles. The molecule has 1 unspecified atom stereocenters. The predicted octanol–water partition coefficient (Wildman–Crippen LogP) is 4.28. The molecule has 0 saturated heterocycles. The first-order valence-corrected chi connectivity index (χ1v) is 7.14. The van der Waals surface area contributed by atoms with Crippen LogP contribution in [-0.2, 0) is 0 Å². The van der Waals surface area contributed by atoms with E-state index in [1.54, 1.807) is 6.07 Å². The molecule has 4 rings (SSSR count). The van der Waals surface area contributed by atoms with Crippen LogP contribution in [0.15, 0.2) is 48.5 Å². The van der Waals surface area contributed by atoms with Crippen molar-refractivity contribution in [3.05, 3.63) is 65.2 Å². The van der Waals surface area contributed by atoms with Crippen LogP contribution in [0.3, 0.4) is 0 Å². The molecule has 0 spiro atoms. The van der Waals surface area contributed by atoms with Crippen LogP contribution >= 0.6 is 8.35 Å². The van der Waals surface area contributed by atoms with Gasteiger partial charge in [-0.05, 0) is 23.8 Å². The van der Waals surface area contributed by atoms with Gasteiger partial charge in [0, 0.05) is 13.9 Å². The second-order valence-corrected chi connectivity index (χ2v) is 5.51. The minimum atomic E-state index is -0.281. The minimum Gasteiger partial charge on any atom is -0.480 e.